The summed E-state index contributed by atoms with van der Waals surface area (Å²) in [6, 6.07) is 13.4. The first-order valence-corrected chi connectivity index (χ1v) is 9.67. The van der Waals surface area contributed by atoms with E-state index in [1.54, 1.807) is 12.1 Å². The van der Waals surface area contributed by atoms with Gasteiger partial charge in [0.1, 0.15) is 5.65 Å². The Hall–Kier alpha value is -3.15. The number of aliphatic carboxylic acids is 1. The molecule has 0 spiro atoms. The molecule has 0 unspecified atom stereocenters. The number of carboxylic acid groups (broad SMARTS) is 1. The van der Waals surface area contributed by atoms with E-state index in [1.165, 1.54) is 0 Å². The van der Waals surface area contributed by atoms with Gasteiger partial charge in [-0.1, -0.05) is 43.2 Å². The van der Waals surface area contributed by atoms with Gasteiger partial charge in [-0.05, 0) is 30.9 Å². The second kappa shape index (κ2) is 7.84. The number of carbonyl (C=O) groups excluding carboxylic acids is 1. The molecule has 2 heterocycles. The number of rotatable bonds is 5. The number of carbonyl (C=O) groups is 2. The molecule has 6 nitrogen and oxygen atoms in total. The molecule has 2 atom stereocenters. The molecule has 1 aliphatic rings. The highest BCUT2D eigenvalue weighted by Gasteiger charge is 2.30. The first-order valence-electron chi connectivity index (χ1n) is 9.67. The van der Waals surface area contributed by atoms with Crippen LogP contribution in [0.25, 0.3) is 16.9 Å². The van der Waals surface area contributed by atoms with E-state index in [9.17, 15) is 14.7 Å². The largest absolute Gasteiger partial charge is 0.481 e. The maximum atomic E-state index is 12.6. The molecule has 0 aliphatic heterocycles. The van der Waals surface area contributed by atoms with E-state index in [0.29, 0.717) is 24.2 Å². The predicted octanol–water partition coefficient (Wildman–Crippen LogP) is 3.62. The van der Waals surface area contributed by atoms with Crippen molar-refractivity contribution in [2.24, 2.45) is 11.8 Å². The van der Waals surface area contributed by atoms with Crippen LogP contribution >= 0.6 is 0 Å². The second-order valence-corrected chi connectivity index (χ2v) is 7.37. The molecule has 0 radical (unpaired) electrons. The lowest BCUT2D eigenvalue weighted by molar-refractivity contribution is -0.144. The zero-order valence-electron chi connectivity index (χ0n) is 15.5. The third kappa shape index (κ3) is 3.76. The number of hydrogen-bond acceptors (Lipinski definition) is 3. The first kappa shape index (κ1) is 18.2. The average Bonchev–Trinajstić information content (AvgIpc) is 3.16. The molecule has 1 aliphatic carbocycles. The Labute approximate surface area is 163 Å². The fraction of sp³-hybridized carbons (Fsp3) is 0.318. The van der Waals surface area contributed by atoms with Crippen LogP contribution in [0.4, 0.5) is 0 Å². The summed E-state index contributed by atoms with van der Waals surface area (Å²) >= 11 is 0. The number of aromatic nitrogens is 2. The van der Waals surface area contributed by atoms with Gasteiger partial charge < -0.3 is 14.8 Å². The van der Waals surface area contributed by atoms with E-state index in [0.717, 1.165) is 30.5 Å². The zero-order valence-corrected chi connectivity index (χ0v) is 15.5. The summed E-state index contributed by atoms with van der Waals surface area (Å²) < 4.78 is 1.89. The SMILES string of the molecule is O=C(NC[C@@H]1CCCC[C@@H]1C(=O)O)c1ccn2cc(-c3ccccc3)nc2c1. The number of pyridine rings is 1. The minimum Gasteiger partial charge on any atom is -0.481 e. The summed E-state index contributed by atoms with van der Waals surface area (Å²) in [5.74, 6) is -1.32. The summed E-state index contributed by atoms with van der Waals surface area (Å²) in [6.45, 7) is 0.394. The molecule has 1 amide bonds. The van der Waals surface area contributed by atoms with Gasteiger partial charge in [0, 0.05) is 30.1 Å². The Kier molecular flexibility index (Phi) is 5.10. The maximum absolute atomic E-state index is 12.6. The highest BCUT2D eigenvalue weighted by atomic mass is 16.4. The number of nitrogens with zero attached hydrogens (tertiary/aromatic N) is 2. The average molecular weight is 377 g/mol. The molecule has 4 rings (SSSR count). The lowest BCUT2D eigenvalue weighted by Gasteiger charge is -2.28. The Morgan fingerprint density at radius 1 is 1.14 bits per heavy atom. The Bertz CT molecular complexity index is 997. The summed E-state index contributed by atoms with van der Waals surface area (Å²) in [7, 11) is 0. The van der Waals surface area contributed by atoms with Crippen LogP contribution in [0.1, 0.15) is 36.0 Å². The lowest BCUT2D eigenvalue weighted by atomic mass is 9.79. The third-order valence-electron chi connectivity index (χ3n) is 5.54. The van der Waals surface area contributed by atoms with Gasteiger partial charge in [0.15, 0.2) is 0 Å². The molecule has 2 aromatic heterocycles. The molecule has 2 N–H and O–H groups in total. The maximum Gasteiger partial charge on any atom is 0.306 e. The van der Waals surface area contributed by atoms with Crippen LogP contribution in [0.15, 0.2) is 54.9 Å². The smallest absolute Gasteiger partial charge is 0.306 e. The van der Waals surface area contributed by atoms with Crippen molar-refractivity contribution < 1.29 is 14.7 Å². The van der Waals surface area contributed by atoms with Crippen molar-refractivity contribution in [3.63, 3.8) is 0 Å². The van der Waals surface area contributed by atoms with Crippen molar-refractivity contribution in [3.8, 4) is 11.3 Å². The summed E-state index contributed by atoms with van der Waals surface area (Å²) in [5, 5.41) is 12.3. The van der Waals surface area contributed by atoms with Crippen molar-refractivity contribution in [2.45, 2.75) is 25.7 Å². The minimum atomic E-state index is -0.758. The number of fused-ring (bicyclic) bond motifs is 1. The van der Waals surface area contributed by atoms with Gasteiger partial charge in [-0.2, -0.15) is 0 Å². The fourth-order valence-corrected chi connectivity index (χ4v) is 3.97. The highest BCUT2D eigenvalue weighted by molar-refractivity contribution is 5.95. The van der Waals surface area contributed by atoms with Crippen LogP contribution in [-0.2, 0) is 4.79 Å². The minimum absolute atomic E-state index is 0.00459. The van der Waals surface area contributed by atoms with E-state index in [-0.39, 0.29) is 17.7 Å². The zero-order chi connectivity index (χ0) is 19.5. The molecule has 1 saturated carbocycles. The molecule has 6 heteroatoms. The fourth-order valence-electron chi connectivity index (χ4n) is 3.97. The van der Waals surface area contributed by atoms with Crippen molar-refractivity contribution in [3.05, 3.63) is 60.4 Å². The number of benzene rings is 1. The van der Waals surface area contributed by atoms with Crippen LogP contribution in [0.3, 0.4) is 0 Å². The van der Waals surface area contributed by atoms with E-state index in [4.69, 9.17) is 0 Å². The van der Waals surface area contributed by atoms with Crippen molar-refractivity contribution in [1.82, 2.24) is 14.7 Å². The van der Waals surface area contributed by atoms with E-state index in [2.05, 4.69) is 10.3 Å². The van der Waals surface area contributed by atoms with Gasteiger partial charge in [-0.3, -0.25) is 9.59 Å². The molecule has 0 saturated heterocycles. The summed E-state index contributed by atoms with van der Waals surface area (Å²) in [6.07, 6.45) is 7.26. The third-order valence-corrected chi connectivity index (χ3v) is 5.54. The highest BCUT2D eigenvalue weighted by Crippen LogP contribution is 2.29. The number of carboxylic acids is 1. The van der Waals surface area contributed by atoms with Crippen molar-refractivity contribution in [1.29, 1.82) is 0 Å². The van der Waals surface area contributed by atoms with Gasteiger partial charge >= 0.3 is 5.97 Å². The standard InChI is InChI=1S/C22H23N3O3/c26-21(23-13-17-8-4-5-9-18(17)22(27)28)16-10-11-25-14-19(24-20(25)12-16)15-6-2-1-3-7-15/h1-3,6-7,10-12,14,17-18H,4-5,8-9,13H2,(H,23,26)(H,27,28)/t17-,18-/m0/s1. The van der Waals surface area contributed by atoms with Gasteiger partial charge in [-0.25, -0.2) is 4.98 Å². The predicted molar refractivity (Wildman–Crippen MR) is 106 cm³/mol. The molecule has 1 fully saturated rings. The monoisotopic (exact) mass is 377 g/mol. The van der Waals surface area contributed by atoms with Crippen LogP contribution in [0, 0.1) is 11.8 Å². The topological polar surface area (TPSA) is 83.7 Å². The quantitative estimate of drug-likeness (QED) is 0.711. The number of imidazole rings is 1. The van der Waals surface area contributed by atoms with E-state index in [1.807, 2.05) is 47.1 Å². The molecular formula is C22H23N3O3. The van der Waals surface area contributed by atoms with Crippen molar-refractivity contribution >= 4 is 17.5 Å². The molecule has 28 heavy (non-hydrogen) atoms. The van der Waals surface area contributed by atoms with Crippen LogP contribution in [0.2, 0.25) is 0 Å². The van der Waals surface area contributed by atoms with Gasteiger partial charge in [0.2, 0.25) is 0 Å². The number of hydrogen-bond donors (Lipinski definition) is 2. The molecular weight excluding hydrogens is 354 g/mol. The lowest BCUT2D eigenvalue weighted by Crippen LogP contribution is -2.37. The molecule has 1 aromatic carbocycles. The van der Waals surface area contributed by atoms with Crippen LogP contribution in [-0.4, -0.2) is 32.9 Å². The Balaban J connectivity index is 1.47. The Morgan fingerprint density at radius 2 is 1.93 bits per heavy atom. The van der Waals surface area contributed by atoms with E-state index < -0.39 is 5.97 Å². The summed E-state index contributed by atoms with van der Waals surface area (Å²) in [5.41, 5.74) is 3.10. The van der Waals surface area contributed by atoms with Crippen LogP contribution < -0.4 is 5.32 Å². The number of amides is 1. The van der Waals surface area contributed by atoms with Gasteiger partial charge in [0.05, 0.1) is 11.6 Å². The first-order chi connectivity index (χ1) is 13.6. The normalized spacial score (nSPS) is 19.4. The summed E-state index contributed by atoms with van der Waals surface area (Å²) in [4.78, 5) is 28.6. The van der Waals surface area contributed by atoms with E-state index >= 15 is 0 Å². The van der Waals surface area contributed by atoms with Crippen LogP contribution in [0.5, 0.6) is 0 Å². The second-order valence-electron chi connectivity index (χ2n) is 7.37. The van der Waals surface area contributed by atoms with Gasteiger partial charge in [-0.15, -0.1) is 0 Å². The number of nitrogens with one attached hydrogen (secondary N) is 1. The molecule has 0 bridgehead atoms. The molecule has 3 aromatic rings. The van der Waals surface area contributed by atoms with Gasteiger partial charge in [0.25, 0.3) is 5.91 Å². The Morgan fingerprint density at radius 3 is 2.71 bits per heavy atom. The van der Waals surface area contributed by atoms with Crippen molar-refractivity contribution in [2.75, 3.05) is 6.54 Å². The molecule has 144 valence electrons.